The van der Waals surface area contributed by atoms with Gasteiger partial charge in [0.05, 0.1) is 31.0 Å². The van der Waals surface area contributed by atoms with Crippen LogP contribution in [-0.4, -0.2) is 37.5 Å². The summed E-state index contributed by atoms with van der Waals surface area (Å²) in [7, 11) is 1.59. The van der Waals surface area contributed by atoms with Crippen molar-refractivity contribution in [2.24, 2.45) is 5.92 Å². The van der Waals surface area contributed by atoms with Crippen molar-refractivity contribution >= 4 is 28.7 Å². The third-order valence-electron chi connectivity index (χ3n) is 5.72. The predicted octanol–water partition coefficient (Wildman–Crippen LogP) is 4.73. The lowest BCUT2D eigenvalue weighted by Gasteiger charge is -2.37. The van der Waals surface area contributed by atoms with Crippen molar-refractivity contribution in [3.8, 4) is 5.75 Å². The van der Waals surface area contributed by atoms with Crippen molar-refractivity contribution in [2.75, 3.05) is 13.7 Å². The normalized spacial score (nSPS) is 23.2. The van der Waals surface area contributed by atoms with Gasteiger partial charge in [-0.1, -0.05) is 29.8 Å². The summed E-state index contributed by atoms with van der Waals surface area (Å²) in [6.07, 6.45) is 3.15. The van der Waals surface area contributed by atoms with Crippen molar-refractivity contribution in [1.82, 2.24) is 0 Å². The van der Waals surface area contributed by atoms with Crippen LogP contribution in [0.1, 0.15) is 35.2 Å². The Bertz CT molecular complexity index is 966. The van der Waals surface area contributed by atoms with Crippen molar-refractivity contribution < 1.29 is 23.8 Å². The Hall–Kier alpha value is -2.63. The molecule has 2 aromatic rings. The van der Waals surface area contributed by atoms with E-state index in [0.29, 0.717) is 41.2 Å². The third kappa shape index (κ3) is 4.27. The molecule has 1 saturated carbocycles. The van der Waals surface area contributed by atoms with Gasteiger partial charge in [0.25, 0.3) is 0 Å². The maximum atomic E-state index is 13.1. The number of ether oxygens (including phenoxy) is 3. The van der Waals surface area contributed by atoms with E-state index in [1.165, 1.54) is 0 Å². The van der Waals surface area contributed by atoms with E-state index in [0.717, 1.165) is 5.56 Å². The summed E-state index contributed by atoms with van der Waals surface area (Å²) in [6.45, 7) is -0.0000639. The minimum absolute atomic E-state index is 0.0000639. The molecule has 1 heterocycles. The second-order valence-electron chi connectivity index (χ2n) is 7.55. The van der Waals surface area contributed by atoms with E-state index >= 15 is 0 Å². The first-order valence-electron chi connectivity index (χ1n) is 10.0. The minimum atomic E-state index is -0.236. The van der Waals surface area contributed by atoms with E-state index in [4.69, 9.17) is 25.8 Å². The van der Waals surface area contributed by atoms with Crippen LogP contribution < -0.4 is 4.74 Å². The molecule has 1 fully saturated rings. The first kappa shape index (κ1) is 20.6. The predicted molar refractivity (Wildman–Crippen MR) is 114 cm³/mol. The fraction of sp³-hybridized carbons (Fsp3) is 0.333. The summed E-state index contributed by atoms with van der Waals surface area (Å²) in [5, 5.41) is 0.588. The van der Waals surface area contributed by atoms with Gasteiger partial charge >= 0.3 is 0 Å². The molecule has 0 N–H and O–H groups in total. The number of carbonyl (C=O) groups is 2. The van der Waals surface area contributed by atoms with Crippen LogP contribution in [0.4, 0.5) is 0 Å². The lowest BCUT2D eigenvalue weighted by molar-refractivity contribution is -0.127. The average Bonchev–Trinajstić information content (AvgIpc) is 2.78. The Labute approximate surface area is 180 Å². The molecule has 0 amide bonds. The summed E-state index contributed by atoms with van der Waals surface area (Å²) in [5.41, 5.74) is 1.86. The Morgan fingerprint density at radius 3 is 2.67 bits per heavy atom. The fourth-order valence-corrected chi connectivity index (χ4v) is 4.21. The Kier molecular flexibility index (Phi) is 6.21. The van der Waals surface area contributed by atoms with E-state index in [9.17, 15) is 9.59 Å². The second-order valence-corrected chi connectivity index (χ2v) is 7.99. The largest absolute Gasteiger partial charge is 0.496 e. The highest BCUT2D eigenvalue weighted by molar-refractivity contribution is 6.30. The summed E-state index contributed by atoms with van der Waals surface area (Å²) in [5.74, 6) is 0.429. The number of halogens is 1. The zero-order chi connectivity index (χ0) is 21.1. The highest BCUT2D eigenvalue weighted by Gasteiger charge is 2.41. The lowest BCUT2D eigenvalue weighted by Crippen LogP contribution is -2.41. The number of rotatable bonds is 6. The molecule has 0 saturated heterocycles. The lowest BCUT2D eigenvalue weighted by atomic mass is 9.77. The number of hydrogen-bond donors (Lipinski definition) is 0. The maximum Gasteiger partial charge on any atom is 0.188 e. The Balaban J connectivity index is 1.38. The van der Waals surface area contributed by atoms with Crippen molar-refractivity contribution in [2.45, 2.75) is 31.5 Å². The van der Waals surface area contributed by atoms with Gasteiger partial charge in [-0.05, 0) is 43.2 Å². The molecule has 0 bridgehead atoms. The topological polar surface area (TPSA) is 61.8 Å². The highest BCUT2D eigenvalue weighted by Crippen LogP contribution is 2.39. The van der Waals surface area contributed by atoms with E-state index in [-0.39, 0.29) is 36.3 Å². The number of para-hydroxylation sites is 1. The van der Waals surface area contributed by atoms with Crippen LogP contribution >= 0.6 is 11.6 Å². The van der Waals surface area contributed by atoms with Gasteiger partial charge in [-0.3, -0.25) is 9.59 Å². The minimum Gasteiger partial charge on any atom is -0.496 e. The first-order chi connectivity index (χ1) is 14.6. The molecule has 2 aliphatic rings. The molecule has 0 aromatic heterocycles. The number of benzene rings is 2. The van der Waals surface area contributed by atoms with Gasteiger partial charge < -0.3 is 14.2 Å². The smallest absolute Gasteiger partial charge is 0.188 e. The van der Waals surface area contributed by atoms with Crippen LogP contribution in [-0.2, 0) is 14.3 Å². The SMILES string of the molecule is COc1ccccc1C1=COC2CC(OCC(=O)c3ccc(Cl)cc3)CCC2C1=O. The van der Waals surface area contributed by atoms with Crippen LogP contribution in [0.3, 0.4) is 0 Å². The number of ketones is 2. The number of hydrogen-bond acceptors (Lipinski definition) is 5. The summed E-state index contributed by atoms with van der Waals surface area (Å²) < 4.78 is 17.2. The van der Waals surface area contributed by atoms with Gasteiger partial charge in [0.15, 0.2) is 11.6 Å². The molecule has 3 unspecified atom stereocenters. The molecule has 1 aliphatic heterocycles. The standard InChI is InChI=1S/C24H23ClO5/c1-28-22-5-3-2-4-18(22)20-13-30-23-12-17(10-11-19(23)24(20)27)29-14-21(26)15-6-8-16(25)9-7-15/h2-9,13,17,19,23H,10-12,14H2,1H3. The van der Waals surface area contributed by atoms with E-state index < -0.39 is 0 Å². The van der Waals surface area contributed by atoms with E-state index in [2.05, 4.69) is 0 Å². The van der Waals surface area contributed by atoms with Crippen LogP contribution in [0.15, 0.2) is 54.8 Å². The summed E-state index contributed by atoms with van der Waals surface area (Å²) in [6, 6.07) is 14.2. The number of fused-ring (bicyclic) bond motifs is 1. The fourth-order valence-electron chi connectivity index (χ4n) is 4.08. The van der Waals surface area contributed by atoms with Gasteiger partial charge in [0, 0.05) is 22.6 Å². The van der Waals surface area contributed by atoms with Crippen LogP contribution in [0.25, 0.3) is 5.57 Å². The zero-order valence-corrected chi connectivity index (χ0v) is 17.4. The van der Waals surface area contributed by atoms with Crippen molar-refractivity contribution in [1.29, 1.82) is 0 Å². The van der Waals surface area contributed by atoms with E-state index in [1.54, 1.807) is 37.6 Å². The van der Waals surface area contributed by atoms with Crippen molar-refractivity contribution in [3.05, 3.63) is 70.9 Å². The van der Waals surface area contributed by atoms with Crippen molar-refractivity contribution in [3.63, 3.8) is 0 Å². The third-order valence-corrected chi connectivity index (χ3v) is 5.97. The van der Waals surface area contributed by atoms with Crippen LogP contribution in [0.5, 0.6) is 5.75 Å². The number of Topliss-reactive ketones (excluding diaryl/α,β-unsaturated/α-hetero) is 2. The Morgan fingerprint density at radius 2 is 1.90 bits per heavy atom. The van der Waals surface area contributed by atoms with Crippen LogP contribution in [0.2, 0.25) is 5.02 Å². The van der Waals surface area contributed by atoms with Crippen LogP contribution in [0, 0.1) is 5.92 Å². The van der Waals surface area contributed by atoms with Gasteiger partial charge in [0.2, 0.25) is 0 Å². The zero-order valence-electron chi connectivity index (χ0n) is 16.7. The number of allylic oxidation sites excluding steroid dienone is 1. The molecule has 4 rings (SSSR count). The second kappa shape index (κ2) is 9.02. The van der Waals surface area contributed by atoms with E-state index in [1.807, 2.05) is 24.3 Å². The molecular weight excluding hydrogens is 404 g/mol. The molecule has 2 aromatic carbocycles. The quantitative estimate of drug-likeness (QED) is 0.625. The first-order valence-corrected chi connectivity index (χ1v) is 10.4. The number of carbonyl (C=O) groups excluding carboxylic acids is 2. The number of methoxy groups -OCH3 is 1. The molecule has 6 heteroatoms. The molecule has 3 atom stereocenters. The van der Waals surface area contributed by atoms with Gasteiger partial charge in [0.1, 0.15) is 18.5 Å². The molecular formula is C24H23ClO5. The Morgan fingerprint density at radius 1 is 1.13 bits per heavy atom. The summed E-state index contributed by atoms with van der Waals surface area (Å²) in [4.78, 5) is 25.4. The highest BCUT2D eigenvalue weighted by atomic mass is 35.5. The van der Waals surface area contributed by atoms with Gasteiger partial charge in [-0.15, -0.1) is 0 Å². The molecule has 0 spiro atoms. The molecule has 156 valence electrons. The molecule has 1 aliphatic carbocycles. The van der Waals surface area contributed by atoms with Gasteiger partial charge in [-0.2, -0.15) is 0 Å². The molecule has 5 nitrogen and oxygen atoms in total. The monoisotopic (exact) mass is 426 g/mol. The van der Waals surface area contributed by atoms with Gasteiger partial charge in [-0.25, -0.2) is 0 Å². The summed E-state index contributed by atoms with van der Waals surface area (Å²) >= 11 is 5.86. The molecule has 0 radical (unpaired) electrons. The maximum absolute atomic E-state index is 13.1. The molecule has 30 heavy (non-hydrogen) atoms. The average molecular weight is 427 g/mol.